The van der Waals surface area contributed by atoms with Crippen LogP contribution in [0.5, 0.6) is 17.2 Å². The third kappa shape index (κ3) is 4.65. The van der Waals surface area contributed by atoms with E-state index >= 15 is 0 Å². The summed E-state index contributed by atoms with van der Waals surface area (Å²) in [5.74, 6) is 0.372. The second-order valence-electron chi connectivity index (χ2n) is 5.73. The first-order valence-electron chi connectivity index (χ1n) is 8.02. The summed E-state index contributed by atoms with van der Waals surface area (Å²) >= 11 is 5.85. The molecule has 5 nitrogen and oxygen atoms in total. The molecule has 1 heterocycles. The predicted molar refractivity (Wildman–Crippen MR) is 103 cm³/mol. The van der Waals surface area contributed by atoms with Crippen molar-refractivity contribution in [2.24, 2.45) is 0 Å². The highest BCUT2D eigenvalue weighted by atomic mass is 35.5. The molecule has 0 aliphatic rings. The van der Waals surface area contributed by atoms with Crippen molar-refractivity contribution in [3.05, 3.63) is 93.0 Å². The molecule has 1 N–H and O–H groups in total. The minimum absolute atomic E-state index is 0.227. The van der Waals surface area contributed by atoms with Crippen LogP contribution in [0, 0.1) is 6.92 Å². The number of ketones is 1. The van der Waals surface area contributed by atoms with Gasteiger partial charge in [-0.2, -0.15) is 0 Å². The van der Waals surface area contributed by atoms with Crippen molar-refractivity contribution in [3.8, 4) is 17.2 Å². The molecule has 2 aromatic carbocycles. The maximum absolute atomic E-state index is 12.2. The Kier molecular flexibility index (Phi) is 5.43. The van der Waals surface area contributed by atoms with Gasteiger partial charge in [-0.1, -0.05) is 29.8 Å². The Hall–Kier alpha value is -3.31. The van der Waals surface area contributed by atoms with Gasteiger partial charge in [0, 0.05) is 11.1 Å². The Morgan fingerprint density at radius 2 is 1.85 bits per heavy atom. The summed E-state index contributed by atoms with van der Waals surface area (Å²) in [4.78, 5) is 24.0. The van der Waals surface area contributed by atoms with Crippen LogP contribution in [-0.2, 0) is 0 Å². The van der Waals surface area contributed by atoms with E-state index in [1.165, 1.54) is 25.1 Å². The molecule has 0 saturated carbocycles. The summed E-state index contributed by atoms with van der Waals surface area (Å²) in [7, 11) is 0. The second kappa shape index (κ2) is 7.93. The van der Waals surface area contributed by atoms with Crippen LogP contribution < -0.4 is 10.4 Å². The molecule has 0 atom stereocenters. The van der Waals surface area contributed by atoms with Gasteiger partial charge in [-0.25, -0.2) is 4.79 Å². The molecule has 0 saturated heterocycles. The van der Waals surface area contributed by atoms with E-state index in [1.807, 2.05) is 0 Å². The largest absolute Gasteiger partial charge is 0.507 e. The third-order valence-electron chi connectivity index (χ3n) is 3.63. The number of ether oxygens (including phenoxy) is 1. The molecular formula is C21H15ClO5. The molecule has 0 radical (unpaired) electrons. The summed E-state index contributed by atoms with van der Waals surface area (Å²) in [5.41, 5.74) is -0.585. The van der Waals surface area contributed by atoms with Crippen molar-refractivity contribution >= 4 is 23.5 Å². The zero-order valence-corrected chi connectivity index (χ0v) is 15.1. The van der Waals surface area contributed by atoms with E-state index in [0.717, 1.165) is 0 Å². The fraction of sp³-hybridized carbons (Fsp3) is 0.0476. The first kappa shape index (κ1) is 18.5. The minimum Gasteiger partial charge on any atom is -0.507 e. The van der Waals surface area contributed by atoms with E-state index in [1.54, 1.807) is 48.5 Å². The zero-order chi connectivity index (χ0) is 19.4. The monoisotopic (exact) mass is 382 g/mol. The zero-order valence-electron chi connectivity index (χ0n) is 14.3. The van der Waals surface area contributed by atoms with Crippen LogP contribution in [0.25, 0.3) is 6.08 Å². The normalized spacial score (nSPS) is 10.9. The number of hydrogen-bond acceptors (Lipinski definition) is 5. The summed E-state index contributed by atoms with van der Waals surface area (Å²) in [5, 5.41) is 10.4. The van der Waals surface area contributed by atoms with Gasteiger partial charge < -0.3 is 14.3 Å². The topological polar surface area (TPSA) is 76.7 Å². The number of allylic oxidation sites excluding steroid dienone is 1. The number of benzene rings is 2. The Balaban J connectivity index is 1.79. The van der Waals surface area contributed by atoms with Gasteiger partial charge in [0.15, 0.2) is 5.78 Å². The van der Waals surface area contributed by atoms with Gasteiger partial charge in [0.05, 0.1) is 0 Å². The van der Waals surface area contributed by atoms with Crippen molar-refractivity contribution in [1.29, 1.82) is 0 Å². The van der Waals surface area contributed by atoms with Crippen molar-refractivity contribution in [3.63, 3.8) is 0 Å². The Labute approximate surface area is 160 Å². The van der Waals surface area contributed by atoms with Crippen LogP contribution in [0.2, 0.25) is 5.02 Å². The van der Waals surface area contributed by atoms with Crippen molar-refractivity contribution in [1.82, 2.24) is 0 Å². The van der Waals surface area contributed by atoms with E-state index in [4.69, 9.17) is 20.8 Å². The lowest BCUT2D eigenvalue weighted by Crippen LogP contribution is -2.12. The van der Waals surface area contributed by atoms with Crippen LogP contribution >= 0.6 is 11.6 Å². The van der Waals surface area contributed by atoms with Gasteiger partial charge in [-0.05, 0) is 55.0 Å². The highest BCUT2D eigenvalue weighted by Gasteiger charge is 2.15. The van der Waals surface area contributed by atoms with Crippen LogP contribution in [-0.4, -0.2) is 10.9 Å². The smallest absolute Gasteiger partial charge is 0.351 e. The Morgan fingerprint density at radius 1 is 1.11 bits per heavy atom. The molecule has 136 valence electrons. The average Bonchev–Trinajstić information content (AvgIpc) is 2.61. The number of halogens is 1. The van der Waals surface area contributed by atoms with Gasteiger partial charge in [0.1, 0.15) is 28.6 Å². The molecule has 27 heavy (non-hydrogen) atoms. The molecule has 3 aromatic rings. The maximum Gasteiger partial charge on any atom is 0.351 e. The van der Waals surface area contributed by atoms with Gasteiger partial charge in [0.25, 0.3) is 0 Å². The highest BCUT2D eigenvalue weighted by molar-refractivity contribution is 6.30. The number of aromatic hydroxyl groups is 1. The molecule has 0 fully saturated rings. The maximum atomic E-state index is 12.2. The van der Waals surface area contributed by atoms with E-state index < -0.39 is 22.7 Å². The van der Waals surface area contributed by atoms with Gasteiger partial charge in [0.2, 0.25) is 0 Å². The number of rotatable bonds is 5. The first-order valence-corrected chi connectivity index (χ1v) is 8.40. The Morgan fingerprint density at radius 3 is 2.56 bits per heavy atom. The van der Waals surface area contributed by atoms with Crippen molar-refractivity contribution in [2.45, 2.75) is 6.92 Å². The molecule has 0 amide bonds. The number of carbonyl (C=O) groups excluding carboxylic acids is 1. The van der Waals surface area contributed by atoms with Gasteiger partial charge >= 0.3 is 5.63 Å². The minimum atomic E-state index is -0.873. The summed E-state index contributed by atoms with van der Waals surface area (Å²) in [6.07, 6.45) is 2.72. The van der Waals surface area contributed by atoms with E-state index in [-0.39, 0.29) is 5.76 Å². The van der Waals surface area contributed by atoms with E-state index in [0.29, 0.717) is 22.1 Å². The molecule has 1 aromatic heterocycles. The van der Waals surface area contributed by atoms with Crippen LogP contribution in [0.4, 0.5) is 0 Å². The Bertz CT molecular complexity index is 1060. The average molecular weight is 383 g/mol. The quantitative estimate of drug-likeness (QED) is 0.496. The molecule has 0 bridgehead atoms. The SMILES string of the molecule is Cc1cc(O)c(C(=O)/C=C/c2cccc(Oc3ccc(Cl)cc3)c2)c(=O)o1. The van der Waals surface area contributed by atoms with Crippen LogP contribution in [0.1, 0.15) is 21.7 Å². The van der Waals surface area contributed by atoms with E-state index in [9.17, 15) is 14.7 Å². The fourth-order valence-electron chi connectivity index (χ4n) is 2.40. The van der Waals surface area contributed by atoms with Crippen molar-refractivity contribution in [2.75, 3.05) is 0 Å². The van der Waals surface area contributed by atoms with Crippen LogP contribution in [0.15, 0.2) is 69.9 Å². The summed E-state index contributed by atoms with van der Waals surface area (Å²) in [6, 6.07) is 15.2. The van der Waals surface area contributed by atoms with Crippen molar-refractivity contribution < 1.29 is 19.1 Å². The van der Waals surface area contributed by atoms with Crippen LogP contribution in [0.3, 0.4) is 0 Å². The lowest BCUT2D eigenvalue weighted by molar-refractivity contribution is 0.104. The number of hydrogen-bond donors (Lipinski definition) is 1. The molecular weight excluding hydrogens is 368 g/mol. The fourth-order valence-corrected chi connectivity index (χ4v) is 2.52. The lowest BCUT2D eigenvalue weighted by atomic mass is 10.1. The molecule has 0 aliphatic carbocycles. The second-order valence-corrected chi connectivity index (χ2v) is 6.17. The summed E-state index contributed by atoms with van der Waals surface area (Å²) in [6.45, 7) is 1.51. The molecule has 0 aliphatic heterocycles. The number of carbonyl (C=O) groups is 1. The lowest BCUT2D eigenvalue weighted by Gasteiger charge is -2.06. The third-order valence-corrected chi connectivity index (χ3v) is 3.89. The molecule has 0 unspecified atom stereocenters. The standard InChI is InChI=1S/C21H15ClO5/c1-13-11-19(24)20(21(25)26-13)18(23)10-5-14-3-2-4-17(12-14)27-16-8-6-15(22)7-9-16/h2-12,24H,1H3/b10-5+. The molecule has 3 rings (SSSR count). The van der Waals surface area contributed by atoms with Gasteiger partial charge in [-0.15, -0.1) is 0 Å². The highest BCUT2D eigenvalue weighted by Crippen LogP contribution is 2.24. The summed E-state index contributed by atoms with van der Waals surface area (Å²) < 4.78 is 10.6. The number of aryl methyl sites for hydroxylation is 1. The van der Waals surface area contributed by atoms with Gasteiger partial charge in [-0.3, -0.25) is 4.79 Å². The van der Waals surface area contributed by atoms with E-state index in [2.05, 4.69) is 0 Å². The molecule has 6 heteroatoms. The first-order chi connectivity index (χ1) is 12.9. The predicted octanol–water partition coefficient (Wildman–Crippen LogP) is 5.00. The molecule has 0 spiro atoms.